The Morgan fingerprint density at radius 3 is 1.97 bits per heavy atom. The van der Waals surface area contributed by atoms with E-state index in [1.165, 1.54) is 0 Å². The van der Waals surface area contributed by atoms with E-state index in [-0.39, 0.29) is 12.1 Å². The number of benzene rings is 2. The fraction of sp³-hybridized carbons (Fsp3) is 0.455. The Morgan fingerprint density at radius 1 is 1.00 bits per heavy atom. The smallest absolute Gasteiger partial charge is 0.0602 e. The second-order valence-electron chi connectivity index (χ2n) is 8.12. The van der Waals surface area contributed by atoms with Crippen molar-refractivity contribution in [2.24, 2.45) is 5.92 Å². The molecule has 0 bridgehead atoms. The Kier molecular flexibility index (Phi) is 7.47. The fourth-order valence-electron chi connectivity index (χ4n) is 4.44. The summed E-state index contributed by atoms with van der Waals surface area (Å²) in [5.41, 5.74) is 2.27. The van der Waals surface area contributed by atoms with Crippen LogP contribution in [0.4, 0.5) is 0 Å². The zero-order chi connectivity index (χ0) is 21.1. The van der Waals surface area contributed by atoms with Gasteiger partial charge in [-0.3, -0.25) is 9.11 Å². The van der Waals surface area contributed by atoms with Crippen molar-refractivity contribution in [2.75, 3.05) is 32.7 Å². The zero-order valence-corrected chi connectivity index (χ0v) is 19.0. The van der Waals surface area contributed by atoms with Crippen LogP contribution in [0, 0.1) is 5.92 Å². The first kappa shape index (κ1) is 22.2. The van der Waals surface area contributed by atoms with E-state index in [0.29, 0.717) is 35.6 Å². The molecule has 0 aliphatic carbocycles. The van der Waals surface area contributed by atoms with E-state index in [9.17, 15) is 8.76 Å². The molecule has 1 unspecified atom stereocenters. The summed E-state index contributed by atoms with van der Waals surface area (Å²) in [6, 6.07) is 15.8. The van der Waals surface area contributed by atoms with Gasteiger partial charge in [0.2, 0.25) is 0 Å². The molecule has 2 saturated heterocycles. The molecule has 0 spiro atoms. The van der Waals surface area contributed by atoms with E-state index in [0.717, 1.165) is 37.1 Å². The third-order valence-corrected chi connectivity index (χ3v) is 7.46. The lowest BCUT2D eigenvalue weighted by Crippen LogP contribution is -2.61. The molecule has 2 fully saturated rings. The Bertz CT molecular complexity index is 808. The van der Waals surface area contributed by atoms with E-state index in [1.807, 2.05) is 48.5 Å². The van der Waals surface area contributed by atoms with Gasteiger partial charge in [-0.15, -0.1) is 0 Å². The van der Waals surface area contributed by atoms with Crippen molar-refractivity contribution >= 4 is 34.5 Å². The first-order valence-electron chi connectivity index (χ1n) is 10.3. The number of hydrogen-bond acceptors (Lipinski definition) is 4. The summed E-state index contributed by atoms with van der Waals surface area (Å²) in [5, 5.41) is 4.74. The maximum atomic E-state index is 12.0. The third-order valence-electron chi connectivity index (χ3n) is 6.12. The summed E-state index contributed by atoms with van der Waals surface area (Å²) in [7, 11) is 0. The topological polar surface area (TPSA) is 58.6 Å². The highest BCUT2D eigenvalue weighted by Crippen LogP contribution is 2.35. The van der Waals surface area contributed by atoms with E-state index in [1.54, 1.807) is 4.31 Å². The number of nitrogens with zero attached hydrogens (tertiary/aromatic N) is 2. The van der Waals surface area contributed by atoms with Crippen LogP contribution in [-0.2, 0) is 11.3 Å². The molecule has 2 aliphatic rings. The SMILES string of the molecule is O=S([O-])N(CC1CCNCC1)C1CN(C(c2ccc(Cl)cc2)c2ccc(Cl)cc2)C1. The first-order valence-corrected chi connectivity index (χ1v) is 12.1. The minimum atomic E-state index is -2.21. The van der Waals surface area contributed by atoms with Crippen molar-refractivity contribution in [3.05, 3.63) is 69.7 Å². The van der Waals surface area contributed by atoms with Crippen molar-refractivity contribution in [3.8, 4) is 0 Å². The molecule has 1 N–H and O–H groups in total. The summed E-state index contributed by atoms with van der Waals surface area (Å²) >= 11 is 9.98. The number of piperidine rings is 1. The van der Waals surface area contributed by atoms with Gasteiger partial charge in [-0.05, 0) is 67.2 Å². The molecule has 1 atom stereocenters. The van der Waals surface area contributed by atoms with E-state index >= 15 is 0 Å². The van der Waals surface area contributed by atoms with Crippen LogP contribution >= 0.6 is 23.2 Å². The molecule has 2 aromatic rings. The van der Waals surface area contributed by atoms with Crippen LogP contribution in [0.5, 0.6) is 0 Å². The average Bonchev–Trinajstić information content (AvgIpc) is 2.71. The van der Waals surface area contributed by atoms with Crippen molar-refractivity contribution in [2.45, 2.75) is 24.9 Å². The molecule has 0 radical (unpaired) electrons. The summed E-state index contributed by atoms with van der Waals surface area (Å²) < 4.78 is 25.6. The van der Waals surface area contributed by atoms with Gasteiger partial charge in [0.05, 0.1) is 6.04 Å². The number of nitrogens with one attached hydrogen (secondary N) is 1. The molecule has 2 heterocycles. The minimum absolute atomic E-state index is 0.0142. The summed E-state index contributed by atoms with van der Waals surface area (Å²) in [6.07, 6.45) is 2.06. The Labute approximate surface area is 190 Å². The lowest BCUT2D eigenvalue weighted by molar-refractivity contribution is 0.0447. The molecule has 0 saturated carbocycles. The van der Waals surface area contributed by atoms with Crippen molar-refractivity contribution < 1.29 is 8.76 Å². The van der Waals surface area contributed by atoms with E-state index in [4.69, 9.17) is 23.2 Å². The maximum absolute atomic E-state index is 12.0. The van der Waals surface area contributed by atoms with Gasteiger partial charge >= 0.3 is 0 Å². The van der Waals surface area contributed by atoms with E-state index in [2.05, 4.69) is 10.2 Å². The largest absolute Gasteiger partial charge is 0.760 e. The van der Waals surface area contributed by atoms with Crippen LogP contribution in [0.2, 0.25) is 10.0 Å². The lowest BCUT2D eigenvalue weighted by atomic mass is 9.92. The van der Waals surface area contributed by atoms with Gasteiger partial charge < -0.3 is 9.87 Å². The molecule has 5 nitrogen and oxygen atoms in total. The molecule has 8 heteroatoms. The highest BCUT2D eigenvalue weighted by molar-refractivity contribution is 7.76. The van der Waals surface area contributed by atoms with Gasteiger partial charge in [-0.25, -0.2) is 4.31 Å². The van der Waals surface area contributed by atoms with Crippen molar-refractivity contribution in [1.82, 2.24) is 14.5 Å². The quantitative estimate of drug-likeness (QED) is 0.629. The van der Waals surface area contributed by atoms with Gasteiger partial charge in [-0.2, -0.15) is 0 Å². The predicted molar refractivity (Wildman–Crippen MR) is 121 cm³/mol. The van der Waals surface area contributed by atoms with Crippen LogP contribution in [-0.4, -0.2) is 56.7 Å². The van der Waals surface area contributed by atoms with Gasteiger partial charge in [0, 0.05) is 47.0 Å². The highest BCUT2D eigenvalue weighted by Gasteiger charge is 2.38. The van der Waals surface area contributed by atoms with Crippen molar-refractivity contribution in [1.29, 1.82) is 0 Å². The molecule has 2 aliphatic heterocycles. The summed E-state index contributed by atoms with van der Waals surface area (Å²) in [5.74, 6) is 0.432. The first-order chi connectivity index (χ1) is 14.5. The number of rotatable bonds is 7. The standard InChI is InChI=1S/C22H27Cl2N3O2S/c23-19-5-1-17(2-6-19)22(18-3-7-20(24)8-4-18)26-14-21(15-26)27(30(28)29)13-16-9-11-25-12-10-16/h1-8,16,21-22,25H,9-15H2,(H,28,29)/p-1. The Hall–Kier alpha value is -0.990. The molecular weight excluding hydrogens is 441 g/mol. The fourth-order valence-corrected chi connectivity index (χ4v) is 5.40. The molecular formula is C22H26Cl2N3O2S-. The Morgan fingerprint density at radius 2 is 1.50 bits per heavy atom. The summed E-state index contributed by atoms with van der Waals surface area (Å²) in [4.78, 5) is 2.32. The van der Waals surface area contributed by atoms with Gasteiger partial charge in [0.15, 0.2) is 0 Å². The molecule has 0 amide bonds. The van der Waals surface area contributed by atoms with Crippen LogP contribution in [0.1, 0.15) is 30.0 Å². The van der Waals surface area contributed by atoms with Gasteiger partial charge in [0.25, 0.3) is 0 Å². The molecule has 30 heavy (non-hydrogen) atoms. The normalized spacial score (nSPS) is 19.9. The van der Waals surface area contributed by atoms with Crippen LogP contribution in [0.3, 0.4) is 0 Å². The van der Waals surface area contributed by atoms with Crippen LogP contribution in [0.25, 0.3) is 0 Å². The molecule has 0 aromatic heterocycles. The molecule has 2 aromatic carbocycles. The Balaban J connectivity index is 1.49. The number of halogens is 2. The second-order valence-corrected chi connectivity index (χ2v) is 9.90. The zero-order valence-electron chi connectivity index (χ0n) is 16.7. The average molecular weight is 467 g/mol. The molecule has 162 valence electrons. The minimum Gasteiger partial charge on any atom is -0.760 e. The highest BCUT2D eigenvalue weighted by atomic mass is 35.5. The summed E-state index contributed by atoms with van der Waals surface area (Å²) in [6.45, 7) is 3.96. The third kappa shape index (κ3) is 5.25. The lowest BCUT2D eigenvalue weighted by Gasteiger charge is -2.50. The van der Waals surface area contributed by atoms with Crippen LogP contribution in [0.15, 0.2) is 48.5 Å². The maximum Gasteiger partial charge on any atom is 0.0602 e. The predicted octanol–water partition coefficient (Wildman–Crippen LogP) is 3.86. The van der Waals surface area contributed by atoms with Gasteiger partial charge in [0.1, 0.15) is 0 Å². The van der Waals surface area contributed by atoms with Crippen molar-refractivity contribution in [3.63, 3.8) is 0 Å². The number of likely N-dealkylation sites (tertiary alicyclic amines) is 1. The van der Waals surface area contributed by atoms with Crippen LogP contribution < -0.4 is 5.32 Å². The van der Waals surface area contributed by atoms with Gasteiger partial charge in [-0.1, -0.05) is 47.5 Å². The number of hydrogen-bond donors (Lipinski definition) is 1. The van der Waals surface area contributed by atoms with E-state index < -0.39 is 11.3 Å². The second kappa shape index (κ2) is 10.1. The monoisotopic (exact) mass is 466 g/mol. The molecule has 4 rings (SSSR count).